The van der Waals surface area contributed by atoms with E-state index >= 15 is 0 Å². The molecular weight excluding hydrogens is 258 g/mol. The first-order valence-corrected chi connectivity index (χ1v) is 8.41. The zero-order chi connectivity index (χ0) is 15.1. The van der Waals surface area contributed by atoms with E-state index in [-0.39, 0.29) is 0 Å². The van der Waals surface area contributed by atoms with E-state index in [4.69, 9.17) is 0 Å². The number of nitrogens with one attached hydrogen (secondary N) is 1. The lowest BCUT2D eigenvalue weighted by Gasteiger charge is -2.32. The van der Waals surface area contributed by atoms with E-state index in [1.807, 2.05) is 0 Å². The zero-order valence-corrected chi connectivity index (χ0v) is 13.9. The Kier molecular flexibility index (Phi) is 6.68. The number of hydrogen-bond acceptors (Lipinski definition) is 3. The smallest absolute Gasteiger partial charge is 0.0449 e. The second kappa shape index (κ2) is 8.52. The fourth-order valence-corrected chi connectivity index (χ4v) is 3.22. The van der Waals surface area contributed by atoms with Gasteiger partial charge in [-0.3, -0.25) is 4.90 Å². The predicted octanol–water partition coefficient (Wildman–Crippen LogP) is 2.75. The molecule has 21 heavy (non-hydrogen) atoms. The van der Waals surface area contributed by atoms with Crippen LogP contribution in [0.5, 0.6) is 0 Å². The summed E-state index contributed by atoms with van der Waals surface area (Å²) in [4.78, 5) is 5.12. The van der Waals surface area contributed by atoms with Crippen LogP contribution < -0.4 is 5.32 Å². The molecule has 1 heterocycles. The number of rotatable bonds is 6. The Hall–Kier alpha value is -0.900. The maximum absolute atomic E-state index is 3.73. The van der Waals surface area contributed by atoms with Gasteiger partial charge in [0.1, 0.15) is 0 Å². The van der Waals surface area contributed by atoms with Gasteiger partial charge in [-0.2, -0.15) is 0 Å². The molecule has 0 amide bonds. The van der Waals surface area contributed by atoms with Crippen molar-refractivity contribution in [3.05, 3.63) is 35.9 Å². The largest absolute Gasteiger partial charge is 0.309 e. The van der Waals surface area contributed by atoms with Gasteiger partial charge in [-0.15, -0.1) is 0 Å². The van der Waals surface area contributed by atoms with Gasteiger partial charge in [0.25, 0.3) is 0 Å². The maximum Gasteiger partial charge on any atom is 0.0449 e. The fraction of sp³-hybridized carbons (Fsp3) is 0.667. The lowest BCUT2D eigenvalue weighted by molar-refractivity contribution is 0.182. The zero-order valence-electron chi connectivity index (χ0n) is 13.9. The van der Waals surface area contributed by atoms with Crippen LogP contribution in [0.4, 0.5) is 0 Å². The van der Waals surface area contributed by atoms with Gasteiger partial charge in [-0.1, -0.05) is 37.3 Å². The second-order valence-electron chi connectivity index (χ2n) is 6.38. The van der Waals surface area contributed by atoms with Crippen molar-refractivity contribution in [2.45, 2.75) is 38.8 Å². The Bertz CT molecular complexity index is 393. The van der Waals surface area contributed by atoms with Gasteiger partial charge >= 0.3 is 0 Å². The van der Waals surface area contributed by atoms with Crippen molar-refractivity contribution in [2.24, 2.45) is 0 Å². The van der Waals surface area contributed by atoms with Crippen LogP contribution in [0.15, 0.2) is 30.3 Å². The molecule has 1 aromatic rings. The van der Waals surface area contributed by atoms with Crippen molar-refractivity contribution >= 4 is 0 Å². The third kappa shape index (κ3) is 5.10. The molecule has 0 radical (unpaired) electrons. The molecule has 2 unspecified atom stereocenters. The first kappa shape index (κ1) is 16.5. The predicted molar refractivity (Wildman–Crippen MR) is 90.6 cm³/mol. The van der Waals surface area contributed by atoms with Gasteiger partial charge < -0.3 is 10.2 Å². The van der Waals surface area contributed by atoms with Crippen LogP contribution in [-0.4, -0.2) is 55.6 Å². The van der Waals surface area contributed by atoms with Crippen molar-refractivity contribution in [2.75, 3.05) is 39.8 Å². The Balaban J connectivity index is 2.03. The summed E-state index contributed by atoms with van der Waals surface area (Å²) in [6.45, 7) is 10.4. The number of nitrogens with zero attached hydrogens (tertiary/aromatic N) is 2. The molecule has 0 aliphatic carbocycles. The highest BCUT2D eigenvalue weighted by molar-refractivity contribution is 5.19. The summed E-state index contributed by atoms with van der Waals surface area (Å²) >= 11 is 0. The quantitative estimate of drug-likeness (QED) is 0.869. The molecule has 0 spiro atoms. The van der Waals surface area contributed by atoms with Crippen LogP contribution in [0.2, 0.25) is 0 Å². The van der Waals surface area contributed by atoms with Crippen molar-refractivity contribution in [1.82, 2.24) is 15.1 Å². The summed E-state index contributed by atoms with van der Waals surface area (Å²) in [7, 11) is 2.24. The van der Waals surface area contributed by atoms with E-state index in [1.165, 1.54) is 38.0 Å². The van der Waals surface area contributed by atoms with E-state index in [0.29, 0.717) is 12.1 Å². The lowest BCUT2D eigenvalue weighted by Crippen LogP contribution is -2.43. The minimum Gasteiger partial charge on any atom is -0.309 e. The molecule has 1 aliphatic rings. The SMILES string of the molecule is CCCNC(CN1CCCN(C)CC1C)c1ccccc1. The molecule has 0 saturated carbocycles. The molecule has 1 aliphatic heterocycles. The van der Waals surface area contributed by atoms with Gasteiger partial charge in [-0.25, -0.2) is 0 Å². The van der Waals surface area contributed by atoms with Crippen LogP contribution in [0.25, 0.3) is 0 Å². The van der Waals surface area contributed by atoms with Crippen LogP contribution in [0, 0.1) is 0 Å². The van der Waals surface area contributed by atoms with E-state index in [1.54, 1.807) is 0 Å². The summed E-state index contributed by atoms with van der Waals surface area (Å²) in [6, 6.07) is 12.0. The molecule has 1 aromatic carbocycles. The summed E-state index contributed by atoms with van der Waals surface area (Å²) < 4.78 is 0. The van der Waals surface area contributed by atoms with Crippen molar-refractivity contribution in [3.8, 4) is 0 Å². The maximum atomic E-state index is 3.73. The highest BCUT2D eigenvalue weighted by Crippen LogP contribution is 2.18. The van der Waals surface area contributed by atoms with Gasteiger partial charge in [0.2, 0.25) is 0 Å². The third-order valence-electron chi connectivity index (χ3n) is 4.44. The van der Waals surface area contributed by atoms with E-state index in [9.17, 15) is 0 Å². The summed E-state index contributed by atoms with van der Waals surface area (Å²) in [5.74, 6) is 0. The molecule has 1 fully saturated rings. The summed E-state index contributed by atoms with van der Waals surface area (Å²) in [6.07, 6.45) is 2.46. The first-order chi connectivity index (χ1) is 10.2. The Morgan fingerprint density at radius 1 is 1.24 bits per heavy atom. The first-order valence-electron chi connectivity index (χ1n) is 8.41. The minimum absolute atomic E-state index is 0.442. The molecule has 2 rings (SSSR count). The monoisotopic (exact) mass is 289 g/mol. The van der Waals surface area contributed by atoms with Gasteiger partial charge in [-0.05, 0) is 52.0 Å². The molecule has 3 nitrogen and oxygen atoms in total. The van der Waals surface area contributed by atoms with E-state index in [0.717, 1.165) is 13.1 Å². The Labute approximate surface area is 130 Å². The van der Waals surface area contributed by atoms with Gasteiger partial charge in [0.05, 0.1) is 0 Å². The fourth-order valence-electron chi connectivity index (χ4n) is 3.22. The third-order valence-corrected chi connectivity index (χ3v) is 4.44. The molecule has 1 N–H and O–H groups in total. The van der Waals surface area contributed by atoms with Crippen LogP contribution in [0.3, 0.4) is 0 Å². The Morgan fingerprint density at radius 2 is 2.00 bits per heavy atom. The molecular formula is C18H31N3. The molecule has 0 aromatic heterocycles. The molecule has 3 heteroatoms. The van der Waals surface area contributed by atoms with Crippen molar-refractivity contribution in [3.63, 3.8) is 0 Å². The van der Waals surface area contributed by atoms with Crippen molar-refractivity contribution in [1.29, 1.82) is 0 Å². The normalized spacial score (nSPS) is 22.9. The average molecular weight is 289 g/mol. The molecule has 118 valence electrons. The van der Waals surface area contributed by atoms with Gasteiger partial charge in [0.15, 0.2) is 0 Å². The Morgan fingerprint density at radius 3 is 2.71 bits per heavy atom. The molecule has 0 bridgehead atoms. The van der Waals surface area contributed by atoms with E-state index in [2.05, 4.69) is 66.3 Å². The summed E-state index contributed by atoms with van der Waals surface area (Å²) in [5.41, 5.74) is 1.41. The average Bonchev–Trinajstić information content (AvgIpc) is 2.65. The highest BCUT2D eigenvalue weighted by atomic mass is 15.2. The molecule has 2 atom stereocenters. The van der Waals surface area contributed by atoms with Crippen molar-refractivity contribution < 1.29 is 0 Å². The second-order valence-corrected chi connectivity index (χ2v) is 6.38. The number of benzene rings is 1. The van der Waals surface area contributed by atoms with E-state index < -0.39 is 0 Å². The number of hydrogen-bond donors (Lipinski definition) is 1. The topological polar surface area (TPSA) is 18.5 Å². The van der Waals surface area contributed by atoms with Crippen LogP contribution in [0.1, 0.15) is 38.3 Å². The molecule has 1 saturated heterocycles. The minimum atomic E-state index is 0.442. The van der Waals surface area contributed by atoms with Crippen LogP contribution in [-0.2, 0) is 0 Å². The summed E-state index contributed by atoms with van der Waals surface area (Å²) in [5, 5.41) is 3.73. The lowest BCUT2D eigenvalue weighted by atomic mass is 10.1. The van der Waals surface area contributed by atoms with Crippen LogP contribution >= 0.6 is 0 Å². The standard InChI is InChI=1S/C18H31N3/c1-4-11-19-18(17-9-6-5-7-10-17)15-21-13-8-12-20(3)14-16(21)2/h5-7,9-10,16,18-19H,4,8,11-15H2,1-3H3. The number of likely N-dealkylation sites (N-methyl/N-ethyl adjacent to an activating group) is 1. The highest BCUT2D eigenvalue weighted by Gasteiger charge is 2.23. The van der Waals surface area contributed by atoms with Gasteiger partial charge in [0, 0.05) is 25.2 Å².